The molecule has 0 radical (unpaired) electrons. The molecule has 0 bridgehead atoms. The molecule has 1 aliphatic rings. The van der Waals surface area contributed by atoms with E-state index in [9.17, 15) is 4.79 Å². The second kappa shape index (κ2) is 8.48. The number of nitrogens with zero attached hydrogens (tertiary/aromatic N) is 1. The predicted octanol–water partition coefficient (Wildman–Crippen LogP) is 0.988. The number of aliphatic hydroxyl groups is 1. The van der Waals surface area contributed by atoms with Crippen molar-refractivity contribution in [1.82, 2.24) is 10.2 Å². The van der Waals surface area contributed by atoms with Gasteiger partial charge in [-0.25, -0.2) is 0 Å². The monoisotopic (exact) mass is 325 g/mol. The molecule has 1 aromatic carbocycles. The maximum absolute atomic E-state index is 11.5. The topological polar surface area (TPSA) is 78.6 Å². The van der Waals surface area contributed by atoms with Crippen LogP contribution in [0.1, 0.15) is 18.4 Å². The van der Waals surface area contributed by atoms with E-state index in [1.165, 1.54) is 5.56 Å². The van der Waals surface area contributed by atoms with E-state index in [1.54, 1.807) is 0 Å². The summed E-state index contributed by atoms with van der Waals surface area (Å²) in [4.78, 5) is 14.0. The van der Waals surface area contributed by atoms with Gasteiger partial charge in [0.1, 0.15) is 6.04 Å². The summed E-state index contributed by atoms with van der Waals surface area (Å²) in [5.74, 6) is 0.211. The molecule has 2 rings (SSSR count). The van der Waals surface area contributed by atoms with Crippen molar-refractivity contribution >= 4 is 17.5 Å². The molecule has 1 fully saturated rings. The molecular weight excluding hydrogens is 302 g/mol. The number of hydrogen-bond donors (Lipinski definition) is 3. The summed E-state index contributed by atoms with van der Waals surface area (Å²) in [6, 6.07) is 7.15. The second-order valence-corrected chi connectivity index (χ2v) is 6.32. The van der Waals surface area contributed by atoms with Crippen LogP contribution in [0.5, 0.6) is 0 Å². The first-order valence-corrected chi connectivity index (χ1v) is 8.07. The Morgan fingerprint density at radius 2 is 2.00 bits per heavy atom. The Kier molecular flexibility index (Phi) is 6.64. The number of carbonyl (C=O) groups is 1. The number of nitrogens with one attached hydrogen (secondary N) is 1. The lowest BCUT2D eigenvalue weighted by Gasteiger charge is -2.32. The molecule has 4 N–H and O–H groups in total. The van der Waals surface area contributed by atoms with Gasteiger partial charge in [0.25, 0.3) is 0 Å². The standard InChI is InChI=1S/C16H24ClN3O2/c17-14-3-1-13(2-4-14)10-20-7-5-12(6-8-20)9-19-16(22)15(18)11-21/h1-4,12,15,21H,5-11,18H2,(H,19,22)/t15-/m0/s1. The van der Waals surface area contributed by atoms with E-state index < -0.39 is 6.04 Å². The Balaban J connectivity index is 1.69. The Morgan fingerprint density at radius 3 is 2.59 bits per heavy atom. The minimum absolute atomic E-state index is 0.272. The van der Waals surface area contributed by atoms with Crippen LogP contribution in [0.2, 0.25) is 5.02 Å². The molecule has 0 unspecified atom stereocenters. The number of amides is 1. The van der Waals surface area contributed by atoms with E-state index in [0.29, 0.717) is 12.5 Å². The van der Waals surface area contributed by atoms with E-state index in [1.807, 2.05) is 12.1 Å². The quantitative estimate of drug-likeness (QED) is 0.729. The van der Waals surface area contributed by atoms with Gasteiger partial charge in [-0.2, -0.15) is 0 Å². The largest absolute Gasteiger partial charge is 0.394 e. The zero-order chi connectivity index (χ0) is 15.9. The smallest absolute Gasteiger partial charge is 0.239 e. The average molecular weight is 326 g/mol. The van der Waals surface area contributed by atoms with Crippen molar-refractivity contribution in [1.29, 1.82) is 0 Å². The Hall–Kier alpha value is -1.14. The summed E-state index contributed by atoms with van der Waals surface area (Å²) < 4.78 is 0. The number of rotatable bonds is 6. The zero-order valence-electron chi connectivity index (χ0n) is 12.7. The summed E-state index contributed by atoms with van der Waals surface area (Å²) in [5.41, 5.74) is 6.74. The Bertz CT molecular complexity index is 473. The summed E-state index contributed by atoms with van der Waals surface area (Å²) in [6.45, 7) is 3.31. The molecule has 0 aliphatic carbocycles. The molecule has 0 saturated carbocycles. The third-order valence-electron chi connectivity index (χ3n) is 4.13. The van der Waals surface area contributed by atoms with E-state index in [4.69, 9.17) is 22.4 Å². The summed E-state index contributed by atoms with van der Waals surface area (Å²) in [7, 11) is 0. The number of benzene rings is 1. The first-order chi connectivity index (χ1) is 10.6. The van der Waals surface area contributed by atoms with Crippen molar-refractivity contribution < 1.29 is 9.90 Å². The van der Waals surface area contributed by atoms with Crippen LogP contribution in [-0.4, -0.2) is 48.2 Å². The Labute approximate surface area is 136 Å². The second-order valence-electron chi connectivity index (χ2n) is 5.88. The summed E-state index contributed by atoms with van der Waals surface area (Å²) in [6.07, 6.45) is 2.12. The van der Waals surface area contributed by atoms with Crippen molar-refractivity contribution in [2.24, 2.45) is 11.7 Å². The minimum atomic E-state index is -0.815. The van der Waals surface area contributed by atoms with Crippen LogP contribution < -0.4 is 11.1 Å². The van der Waals surface area contributed by atoms with E-state index in [0.717, 1.165) is 37.5 Å². The molecule has 1 aromatic rings. The van der Waals surface area contributed by atoms with Gasteiger partial charge in [-0.05, 0) is 49.5 Å². The van der Waals surface area contributed by atoms with Gasteiger partial charge < -0.3 is 16.2 Å². The molecule has 1 aliphatic heterocycles. The highest BCUT2D eigenvalue weighted by Crippen LogP contribution is 2.19. The molecule has 1 saturated heterocycles. The van der Waals surface area contributed by atoms with E-state index in [2.05, 4.69) is 22.3 Å². The lowest BCUT2D eigenvalue weighted by Crippen LogP contribution is -2.45. The molecule has 122 valence electrons. The van der Waals surface area contributed by atoms with Gasteiger partial charge in [0, 0.05) is 18.1 Å². The molecule has 6 heteroatoms. The predicted molar refractivity (Wildman–Crippen MR) is 87.5 cm³/mol. The molecule has 1 amide bonds. The fourth-order valence-electron chi connectivity index (χ4n) is 2.66. The van der Waals surface area contributed by atoms with Gasteiger partial charge in [-0.15, -0.1) is 0 Å². The van der Waals surface area contributed by atoms with Crippen LogP contribution in [0.15, 0.2) is 24.3 Å². The van der Waals surface area contributed by atoms with Crippen molar-refractivity contribution in [2.45, 2.75) is 25.4 Å². The molecule has 1 heterocycles. The van der Waals surface area contributed by atoms with Crippen molar-refractivity contribution in [2.75, 3.05) is 26.2 Å². The van der Waals surface area contributed by atoms with Gasteiger partial charge in [0.2, 0.25) is 5.91 Å². The lowest BCUT2D eigenvalue weighted by atomic mass is 9.96. The number of nitrogens with two attached hydrogens (primary N) is 1. The van der Waals surface area contributed by atoms with Crippen molar-refractivity contribution in [3.8, 4) is 0 Å². The maximum Gasteiger partial charge on any atom is 0.239 e. The van der Waals surface area contributed by atoms with Gasteiger partial charge in [0.05, 0.1) is 6.61 Å². The molecule has 0 aromatic heterocycles. The van der Waals surface area contributed by atoms with Gasteiger partial charge in [-0.3, -0.25) is 9.69 Å². The van der Waals surface area contributed by atoms with E-state index in [-0.39, 0.29) is 12.5 Å². The third-order valence-corrected chi connectivity index (χ3v) is 4.38. The number of carbonyl (C=O) groups excluding carboxylic acids is 1. The van der Waals surface area contributed by atoms with Crippen LogP contribution in [0.3, 0.4) is 0 Å². The van der Waals surface area contributed by atoms with Crippen LogP contribution in [0.4, 0.5) is 0 Å². The fraction of sp³-hybridized carbons (Fsp3) is 0.562. The van der Waals surface area contributed by atoms with Crippen LogP contribution >= 0.6 is 11.6 Å². The Morgan fingerprint density at radius 1 is 1.36 bits per heavy atom. The van der Waals surface area contributed by atoms with Crippen LogP contribution in [0, 0.1) is 5.92 Å². The summed E-state index contributed by atoms with van der Waals surface area (Å²) in [5, 5.41) is 12.4. The normalized spacial score (nSPS) is 18.1. The van der Waals surface area contributed by atoms with Crippen LogP contribution in [0.25, 0.3) is 0 Å². The van der Waals surface area contributed by atoms with Gasteiger partial charge in [-0.1, -0.05) is 23.7 Å². The first-order valence-electron chi connectivity index (χ1n) is 7.69. The van der Waals surface area contributed by atoms with Gasteiger partial charge >= 0.3 is 0 Å². The summed E-state index contributed by atoms with van der Waals surface area (Å²) >= 11 is 5.89. The van der Waals surface area contributed by atoms with Crippen molar-refractivity contribution in [3.05, 3.63) is 34.9 Å². The molecular formula is C16H24ClN3O2. The highest BCUT2D eigenvalue weighted by atomic mass is 35.5. The average Bonchev–Trinajstić information content (AvgIpc) is 2.55. The molecule has 22 heavy (non-hydrogen) atoms. The minimum Gasteiger partial charge on any atom is -0.394 e. The first kappa shape index (κ1) is 17.2. The third kappa shape index (κ3) is 5.25. The van der Waals surface area contributed by atoms with Crippen molar-refractivity contribution in [3.63, 3.8) is 0 Å². The SMILES string of the molecule is N[C@@H](CO)C(=O)NCC1CCN(Cc2ccc(Cl)cc2)CC1. The van der Waals surface area contributed by atoms with Gasteiger partial charge in [0.15, 0.2) is 0 Å². The fourth-order valence-corrected chi connectivity index (χ4v) is 2.78. The van der Waals surface area contributed by atoms with E-state index >= 15 is 0 Å². The number of likely N-dealkylation sites (tertiary alicyclic amines) is 1. The number of aliphatic hydroxyl groups excluding tert-OH is 1. The maximum atomic E-state index is 11.5. The molecule has 5 nitrogen and oxygen atoms in total. The lowest BCUT2D eigenvalue weighted by molar-refractivity contribution is -0.123. The van der Waals surface area contributed by atoms with Crippen LogP contribution in [-0.2, 0) is 11.3 Å². The zero-order valence-corrected chi connectivity index (χ0v) is 13.4. The number of halogens is 1. The highest BCUT2D eigenvalue weighted by molar-refractivity contribution is 6.30. The molecule has 1 atom stereocenters. The molecule has 0 spiro atoms. The number of piperidine rings is 1. The number of hydrogen-bond acceptors (Lipinski definition) is 4. The highest BCUT2D eigenvalue weighted by Gasteiger charge is 2.20.